The van der Waals surface area contributed by atoms with Gasteiger partial charge in [0.15, 0.2) is 0 Å². The minimum absolute atomic E-state index is 0.163. The first-order valence-electron chi connectivity index (χ1n) is 3.82. The van der Waals surface area contributed by atoms with Crippen LogP contribution in [0.2, 0.25) is 0 Å². The molecule has 11 heavy (non-hydrogen) atoms. The zero-order chi connectivity index (χ0) is 8.59. The Balaban J connectivity index is 2.69. The average Bonchev–Trinajstić information content (AvgIpc) is 2.17. The highest BCUT2D eigenvalue weighted by molar-refractivity contribution is 4.97. The van der Waals surface area contributed by atoms with Crippen LogP contribution in [0.15, 0.2) is 0 Å². The minimum atomic E-state index is -0.692. The number of hydrogen-bond donors (Lipinski definition) is 4. The summed E-state index contributed by atoms with van der Waals surface area (Å²) in [6.45, 7) is 1.56. The van der Waals surface area contributed by atoms with Gasteiger partial charge >= 0.3 is 0 Å². The van der Waals surface area contributed by atoms with Gasteiger partial charge in [0.2, 0.25) is 0 Å². The van der Waals surface area contributed by atoms with Crippen LogP contribution >= 0.6 is 0 Å². The van der Waals surface area contributed by atoms with Crippen LogP contribution in [-0.4, -0.2) is 40.2 Å². The summed E-state index contributed by atoms with van der Waals surface area (Å²) in [6, 6.07) is -0.495. The standard InChI is InChI=1S/C7H15NO3/c1-3-6(10)4(2-9)5(8)7(3)11/h3-7,9-11H,2,8H2,1H3/t3-,4-,5-,6-,7-/m0/s1. The maximum absolute atomic E-state index is 9.40. The molecule has 0 radical (unpaired) electrons. The maximum atomic E-state index is 9.40. The van der Waals surface area contributed by atoms with Gasteiger partial charge in [-0.25, -0.2) is 0 Å². The molecule has 1 aliphatic carbocycles. The monoisotopic (exact) mass is 161 g/mol. The quantitative estimate of drug-likeness (QED) is 0.369. The summed E-state index contributed by atoms with van der Waals surface area (Å²) in [5.41, 5.74) is 5.54. The SMILES string of the molecule is C[C@@H]1[C@H](O)[C@@H](N)[C@H](CO)[C@H]1O. The molecule has 4 nitrogen and oxygen atoms in total. The fourth-order valence-electron chi connectivity index (χ4n) is 1.65. The molecule has 1 aliphatic rings. The van der Waals surface area contributed by atoms with Crippen LogP contribution in [-0.2, 0) is 0 Å². The zero-order valence-corrected chi connectivity index (χ0v) is 6.51. The molecule has 0 spiro atoms. The van der Waals surface area contributed by atoms with Gasteiger partial charge in [0.1, 0.15) is 0 Å². The molecule has 66 valence electrons. The van der Waals surface area contributed by atoms with Gasteiger partial charge in [-0.3, -0.25) is 0 Å². The number of nitrogens with two attached hydrogens (primary N) is 1. The molecule has 4 heteroatoms. The van der Waals surface area contributed by atoms with Crippen LogP contribution in [0, 0.1) is 11.8 Å². The molecular weight excluding hydrogens is 146 g/mol. The normalized spacial score (nSPS) is 51.5. The van der Waals surface area contributed by atoms with Gasteiger partial charge in [0, 0.05) is 24.5 Å². The third-order valence-corrected chi connectivity index (χ3v) is 2.62. The molecule has 1 rings (SSSR count). The largest absolute Gasteiger partial charge is 0.396 e. The highest BCUT2D eigenvalue weighted by atomic mass is 16.3. The van der Waals surface area contributed by atoms with Crippen LogP contribution in [0.4, 0.5) is 0 Å². The summed E-state index contributed by atoms with van der Waals surface area (Å²) in [5.74, 6) is -0.609. The van der Waals surface area contributed by atoms with E-state index in [1.54, 1.807) is 6.92 Å². The highest BCUT2D eigenvalue weighted by Gasteiger charge is 2.44. The lowest BCUT2D eigenvalue weighted by Gasteiger charge is -2.15. The first-order valence-corrected chi connectivity index (χ1v) is 3.82. The second-order valence-electron chi connectivity index (χ2n) is 3.26. The summed E-state index contributed by atoms with van der Waals surface area (Å²) < 4.78 is 0. The summed E-state index contributed by atoms with van der Waals surface area (Å²) in [7, 11) is 0. The summed E-state index contributed by atoms with van der Waals surface area (Å²) >= 11 is 0. The van der Waals surface area contributed by atoms with Crippen molar-refractivity contribution in [2.75, 3.05) is 6.61 Å². The Labute approximate surface area is 65.6 Å². The van der Waals surface area contributed by atoms with E-state index in [0.717, 1.165) is 0 Å². The smallest absolute Gasteiger partial charge is 0.0745 e. The van der Waals surface area contributed by atoms with Crippen LogP contribution in [0.1, 0.15) is 6.92 Å². The molecular formula is C7H15NO3. The number of rotatable bonds is 1. The van der Waals surface area contributed by atoms with Gasteiger partial charge < -0.3 is 21.1 Å². The van der Waals surface area contributed by atoms with Crippen molar-refractivity contribution in [3.8, 4) is 0 Å². The van der Waals surface area contributed by atoms with E-state index in [1.165, 1.54) is 0 Å². The molecule has 5 N–H and O–H groups in total. The van der Waals surface area contributed by atoms with Crippen molar-refractivity contribution in [3.05, 3.63) is 0 Å². The average molecular weight is 161 g/mol. The zero-order valence-electron chi connectivity index (χ0n) is 6.51. The van der Waals surface area contributed by atoms with E-state index < -0.39 is 18.2 Å². The Morgan fingerprint density at radius 1 is 1.27 bits per heavy atom. The van der Waals surface area contributed by atoms with Crippen LogP contribution < -0.4 is 5.73 Å². The van der Waals surface area contributed by atoms with E-state index in [1.807, 2.05) is 0 Å². The van der Waals surface area contributed by atoms with E-state index in [0.29, 0.717) is 0 Å². The molecule has 0 heterocycles. The Morgan fingerprint density at radius 3 is 2.00 bits per heavy atom. The fraction of sp³-hybridized carbons (Fsp3) is 1.00. The molecule has 1 saturated carbocycles. The third-order valence-electron chi connectivity index (χ3n) is 2.62. The van der Waals surface area contributed by atoms with Crippen LogP contribution in [0.5, 0.6) is 0 Å². The summed E-state index contributed by atoms with van der Waals surface area (Å²) in [6.07, 6.45) is -1.37. The Bertz CT molecular complexity index is 128. The second kappa shape index (κ2) is 3.06. The molecule has 0 aliphatic heterocycles. The van der Waals surface area contributed by atoms with Gasteiger partial charge in [0.05, 0.1) is 12.2 Å². The summed E-state index contributed by atoms with van der Waals surface area (Å²) in [5, 5.41) is 27.5. The maximum Gasteiger partial charge on any atom is 0.0745 e. The van der Waals surface area contributed by atoms with Crippen molar-refractivity contribution in [3.63, 3.8) is 0 Å². The molecule has 5 atom stereocenters. The first-order chi connectivity index (χ1) is 5.09. The first kappa shape index (κ1) is 8.93. The third kappa shape index (κ3) is 1.27. The Hall–Kier alpha value is -0.160. The molecule has 0 aromatic heterocycles. The van der Waals surface area contributed by atoms with E-state index in [-0.39, 0.29) is 18.4 Å². The molecule has 1 fully saturated rings. The molecule has 0 bridgehead atoms. The topological polar surface area (TPSA) is 86.7 Å². The predicted octanol–water partition coefficient (Wildman–Crippen LogP) is -1.71. The van der Waals surface area contributed by atoms with Crippen molar-refractivity contribution in [1.29, 1.82) is 0 Å². The van der Waals surface area contributed by atoms with E-state index in [2.05, 4.69) is 0 Å². The van der Waals surface area contributed by atoms with Gasteiger partial charge in [-0.2, -0.15) is 0 Å². The van der Waals surface area contributed by atoms with Crippen molar-refractivity contribution in [2.45, 2.75) is 25.2 Å². The number of aliphatic hydroxyl groups is 3. The lowest BCUT2D eigenvalue weighted by Crippen LogP contribution is -2.38. The fourth-order valence-corrected chi connectivity index (χ4v) is 1.65. The molecule has 0 unspecified atom stereocenters. The van der Waals surface area contributed by atoms with Crippen molar-refractivity contribution >= 4 is 0 Å². The van der Waals surface area contributed by atoms with Crippen LogP contribution in [0.3, 0.4) is 0 Å². The van der Waals surface area contributed by atoms with E-state index >= 15 is 0 Å². The number of hydrogen-bond acceptors (Lipinski definition) is 4. The van der Waals surface area contributed by atoms with Gasteiger partial charge in [-0.15, -0.1) is 0 Å². The summed E-state index contributed by atoms with van der Waals surface area (Å²) in [4.78, 5) is 0. The Morgan fingerprint density at radius 2 is 1.82 bits per heavy atom. The van der Waals surface area contributed by atoms with Crippen molar-refractivity contribution < 1.29 is 15.3 Å². The minimum Gasteiger partial charge on any atom is -0.396 e. The van der Waals surface area contributed by atoms with Gasteiger partial charge in [-0.1, -0.05) is 6.92 Å². The molecule has 0 saturated heterocycles. The lowest BCUT2D eigenvalue weighted by atomic mass is 10.0. The van der Waals surface area contributed by atoms with Gasteiger partial charge in [-0.05, 0) is 0 Å². The Kier molecular flexibility index (Phi) is 2.49. The van der Waals surface area contributed by atoms with Crippen molar-refractivity contribution in [1.82, 2.24) is 0 Å². The molecule has 0 amide bonds. The van der Waals surface area contributed by atoms with Crippen LogP contribution in [0.25, 0.3) is 0 Å². The lowest BCUT2D eigenvalue weighted by molar-refractivity contribution is 0.0499. The molecule has 0 aromatic carbocycles. The highest BCUT2D eigenvalue weighted by Crippen LogP contribution is 2.30. The van der Waals surface area contributed by atoms with E-state index in [9.17, 15) is 10.2 Å². The van der Waals surface area contributed by atoms with Gasteiger partial charge in [0.25, 0.3) is 0 Å². The predicted molar refractivity (Wildman–Crippen MR) is 39.7 cm³/mol. The number of aliphatic hydroxyl groups excluding tert-OH is 3. The second-order valence-corrected chi connectivity index (χ2v) is 3.26. The molecule has 0 aromatic rings. The van der Waals surface area contributed by atoms with E-state index in [4.69, 9.17) is 10.8 Å². The van der Waals surface area contributed by atoms with Crippen molar-refractivity contribution in [2.24, 2.45) is 17.6 Å².